The minimum Gasteiger partial charge on any atom is -0.481 e. The molecule has 0 saturated heterocycles. The van der Waals surface area contributed by atoms with Crippen LogP contribution in [0.2, 0.25) is 0 Å². The van der Waals surface area contributed by atoms with Crippen LogP contribution < -0.4 is 5.32 Å². The van der Waals surface area contributed by atoms with Gasteiger partial charge in [-0.15, -0.1) is 0 Å². The predicted octanol–water partition coefficient (Wildman–Crippen LogP) is 3.14. The molecule has 6 heteroatoms. The summed E-state index contributed by atoms with van der Waals surface area (Å²) in [5.41, 5.74) is 1.71. The molecule has 3 nitrogen and oxygen atoms in total. The first kappa shape index (κ1) is 16.5. The fourth-order valence-electron chi connectivity index (χ4n) is 1.76. The maximum absolute atomic E-state index is 11.9. The standard InChI is InChI=1S/C14H18F3NO2/c15-14(16,17)7-1-2-8-18-10-12-5-3-11(4-6-12)9-13(19)20/h3-6,18H,1-2,7-10H2,(H,19,20). The molecule has 20 heavy (non-hydrogen) atoms. The van der Waals surface area contributed by atoms with Crippen LogP contribution in [0, 0.1) is 0 Å². The average molecular weight is 289 g/mol. The molecule has 0 bridgehead atoms. The van der Waals surface area contributed by atoms with Crippen molar-refractivity contribution in [3.8, 4) is 0 Å². The van der Waals surface area contributed by atoms with E-state index in [1.807, 2.05) is 12.1 Å². The highest BCUT2D eigenvalue weighted by Crippen LogP contribution is 2.21. The van der Waals surface area contributed by atoms with Crippen molar-refractivity contribution in [1.82, 2.24) is 5.32 Å². The monoisotopic (exact) mass is 289 g/mol. The molecule has 0 aliphatic carbocycles. The zero-order valence-electron chi connectivity index (χ0n) is 11.0. The van der Waals surface area contributed by atoms with Crippen molar-refractivity contribution in [2.45, 2.75) is 38.4 Å². The van der Waals surface area contributed by atoms with Crippen LogP contribution in [0.15, 0.2) is 24.3 Å². The van der Waals surface area contributed by atoms with E-state index < -0.39 is 18.6 Å². The Morgan fingerprint density at radius 2 is 1.70 bits per heavy atom. The molecule has 0 heterocycles. The molecule has 0 atom stereocenters. The van der Waals surface area contributed by atoms with Gasteiger partial charge in [-0.3, -0.25) is 4.79 Å². The van der Waals surface area contributed by atoms with E-state index in [4.69, 9.17) is 5.11 Å². The largest absolute Gasteiger partial charge is 0.481 e. The van der Waals surface area contributed by atoms with E-state index >= 15 is 0 Å². The minimum atomic E-state index is -4.07. The molecular formula is C14H18F3NO2. The van der Waals surface area contributed by atoms with Crippen LogP contribution >= 0.6 is 0 Å². The van der Waals surface area contributed by atoms with E-state index in [0.29, 0.717) is 19.5 Å². The summed E-state index contributed by atoms with van der Waals surface area (Å²) in [7, 11) is 0. The highest BCUT2D eigenvalue weighted by atomic mass is 19.4. The second kappa shape index (κ2) is 7.89. The van der Waals surface area contributed by atoms with Gasteiger partial charge >= 0.3 is 12.1 Å². The number of aliphatic carboxylic acids is 1. The molecule has 0 radical (unpaired) electrons. The second-order valence-electron chi connectivity index (χ2n) is 4.64. The molecule has 0 amide bonds. The van der Waals surface area contributed by atoms with Gasteiger partial charge < -0.3 is 10.4 Å². The van der Waals surface area contributed by atoms with Gasteiger partial charge in [-0.05, 0) is 30.5 Å². The van der Waals surface area contributed by atoms with Gasteiger partial charge in [0.15, 0.2) is 0 Å². The van der Waals surface area contributed by atoms with Gasteiger partial charge in [-0.2, -0.15) is 13.2 Å². The van der Waals surface area contributed by atoms with E-state index in [2.05, 4.69) is 5.32 Å². The van der Waals surface area contributed by atoms with Crippen LogP contribution in [-0.2, 0) is 17.8 Å². The lowest BCUT2D eigenvalue weighted by atomic mass is 10.1. The van der Waals surface area contributed by atoms with Gasteiger partial charge in [0.25, 0.3) is 0 Å². The number of alkyl halides is 3. The Labute approximate surface area is 115 Å². The molecule has 2 N–H and O–H groups in total. The first-order valence-corrected chi connectivity index (χ1v) is 6.44. The van der Waals surface area contributed by atoms with Gasteiger partial charge in [-0.1, -0.05) is 24.3 Å². The Bertz CT molecular complexity index is 415. The molecule has 1 rings (SSSR count). The Morgan fingerprint density at radius 3 is 2.25 bits per heavy atom. The van der Waals surface area contributed by atoms with Crippen molar-refractivity contribution in [2.24, 2.45) is 0 Å². The smallest absolute Gasteiger partial charge is 0.389 e. The maximum atomic E-state index is 11.9. The Hall–Kier alpha value is -1.56. The van der Waals surface area contributed by atoms with E-state index in [1.165, 1.54) is 0 Å². The Balaban J connectivity index is 2.17. The molecule has 0 aliphatic heterocycles. The third kappa shape index (κ3) is 7.78. The molecule has 0 unspecified atom stereocenters. The van der Waals surface area contributed by atoms with E-state index in [9.17, 15) is 18.0 Å². The quantitative estimate of drug-likeness (QED) is 0.723. The highest BCUT2D eigenvalue weighted by Gasteiger charge is 2.25. The Morgan fingerprint density at radius 1 is 1.10 bits per heavy atom. The lowest BCUT2D eigenvalue weighted by Crippen LogP contribution is -2.16. The lowest BCUT2D eigenvalue weighted by molar-refractivity contribution is -0.136. The lowest BCUT2D eigenvalue weighted by Gasteiger charge is -2.07. The molecule has 1 aromatic rings. The van der Waals surface area contributed by atoms with Gasteiger partial charge in [0.1, 0.15) is 0 Å². The number of benzene rings is 1. The summed E-state index contributed by atoms with van der Waals surface area (Å²) in [5, 5.41) is 11.7. The third-order valence-electron chi connectivity index (χ3n) is 2.77. The SMILES string of the molecule is O=C(O)Cc1ccc(CNCCCCC(F)(F)F)cc1. The van der Waals surface area contributed by atoms with Gasteiger partial charge in [0, 0.05) is 13.0 Å². The van der Waals surface area contributed by atoms with E-state index in [-0.39, 0.29) is 12.8 Å². The number of hydrogen-bond donors (Lipinski definition) is 2. The van der Waals surface area contributed by atoms with Crippen LogP contribution in [0.4, 0.5) is 13.2 Å². The molecule has 0 aliphatic rings. The summed E-state index contributed by atoms with van der Waals surface area (Å²) < 4.78 is 35.7. The first-order valence-electron chi connectivity index (χ1n) is 6.44. The molecule has 1 aromatic carbocycles. The fraction of sp³-hybridized carbons (Fsp3) is 0.500. The highest BCUT2D eigenvalue weighted by molar-refractivity contribution is 5.70. The van der Waals surface area contributed by atoms with Crippen LogP contribution in [0.1, 0.15) is 30.4 Å². The number of halogens is 3. The average Bonchev–Trinajstić information content (AvgIpc) is 2.33. The van der Waals surface area contributed by atoms with E-state index in [1.54, 1.807) is 12.1 Å². The number of carbonyl (C=O) groups is 1. The second-order valence-corrected chi connectivity index (χ2v) is 4.64. The predicted molar refractivity (Wildman–Crippen MR) is 69.4 cm³/mol. The number of rotatable bonds is 8. The molecule has 0 saturated carbocycles. The van der Waals surface area contributed by atoms with Gasteiger partial charge in [0.2, 0.25) is 0 Å². The molecule has 112 valence electrons. The van der Waals surface area contributed by atoms with Crippen molar-refractivity contribution in [3.05, 3.63) is 35.4 Å². The first-order chi connectivity index (χ1) is 9.37. The van der Waals surface area contributed by atoms with Gasteiger partial charge in [-0.25, -0.2) is 0 Å². The van der Waals surface area contributed by atoms with Crippen LogP contribution in [0.25, 0.3) is 0 Å². The third-order valence-corrected chi connectivity index (χ3v) is 2.77. The summed E-state index contributed by atoms with van der Waals surface area (Å²) in [6, 6.07) is 7.13. The fourth-order valence-corrected chi connectivity index (χ4v) is 1.76. The summed E-state index contributed by atoms with van der Waals surface area (Å²) in [6.07, 6.45) is -4.20. The van der Waals surface area contributed by atoms with Crippen LogP contribution in [0.3, 0.4) is 0 Å². The van der Waals surface area contributed by atoms with Crippen LogP contribution in [0.5, 0.6) is 0 Å². The zero-order valence-corrected chi connectivity index (χ0v) is 11.0. The van der Waals surface area contributed by atoms with E-state index in [0.717, 1.165) is 11.1 Å². The number of nitrogens with one attached hydrogen (secondary N) is 1. The molecule has 0 spiro atoms. The molecule has 0 fully saturated rings. The van der Waals surface area contributed by atoms with Crippen molar-refractivity contribution in [2.75, 3.05) is 6.54 Å². The summed E-state index contributed by atoms with van der Waals surface area (Å²) in [5.74, 6) is -0.875. The van der Waals surface area contributed by atoms with Crippen molar-refractivity contribution in [1.29, 1.82) is 0 Å². The summed E-state index contributed by atoms with van der Waals surface area (Å²) in [6.45, 7) is 1.10. The summed E-state index contributed by atoms with van der Waals surface area (Å²) in [4.78, 5) is 10.5. The minimum absolute atomic E-state index is 0.00878. The van der Waals surface area contributed by atoms with Gasteiger partial charge in [0.05, 0.1) is 6.42 Å². The zero-order chi connectivity index (χ0) is 15.0. The number of carboxylic acids is 1. The number of carboxylic acid groups (broad SMARTS) is 1. The van der Waals surface area contributed by atoms with Crippen LogP contribution in [-0.4, -0.2) is 23.8 Å². The normalized spacial score (nSPS) is 11.6. The molecule has 0 aromatic heterocycles. The number of hydrogen-bond acceptors (Lipinski definition) is 2. The Kier molecular flexibility index (Phi) is 6.51. The van der Waals surface area contributed by atoms with Crippen molar-refractivity contribution >= 4 is 5.97 Å². The maximum Gasteiger partial charge on any atom is 0.389 e. The summed E-state index contributed by atoms with van der Waals surface area (Å²) >= 11 is 0. The number of unbranched alkanes of at least 4 members (excludes halogenated alkanes) is 1. The topological polar surface area (TPSA) is 49.3 Å². The van der Waals surface area contributed by atoms with Crippen molar-refractivity contribution < 1.29 is 23.1 Å². The molecular weight excluding hydrogens is 271 g/mol. The van der Waals surface area contributed by atoms with Crippen molar-refractivity contribution in [3.63, 3.8) is 0 Å².